The zero-order valence-electron chi connectivity index (χ0n) is 13.8. The molecule has 0 spiro atoms. The van der Waals surface area contributed by atoms with Crippen molar-refractivity contribution in [1.82, 2.24) is 0 Å². The zero-order chi connectivity index (χ0) is 14.1. The summed E-state index contributed by atoms with van der Waals surface area (Å²) >= 11 is 0. The summed E-state index contributed by atoms with van der Waals surface area (Å²) in [5.41, 5.74) is 5.22. The van der Waals surface area contributed by atoms with Crippen molar-refractivity contribution < 1.29 is 16.5 Å². The molecule has 0 radical (unpaired) electrons. The van der Waals surface area contributed by atoms with Crippen LogP contribution in [0.5, 0.6) is 0 Å². The molecule has 6 rings (SSSR count). The smallest absolute Gasteiger partial charge is 0 e. The fourth-order valence-electron chi connectivity index (χ4n) is 5.05. The number of hydrogen-bond acceptors (Lipinski definition) is 0. The van der Waals surface area contributed by atoms with Gasteiger partial charge in [-0.3, -0.25) is 0 Å². The van der Waals surface area contributed by atoms with Crippen molar-refractivity contribution in [3.8, 4) is 0 Å². The Hall–Kier alpha value is -0.286. The second kappa shape index (κ2) is 7.52. The molecule has 0 N–H and O–H groups in total. The fourth-order valence-corrected chi connectivity index (χ4v) is 5.05. The van der Waals surface area contributed by atoms with Crippen LogP contribution in [-0.2, 0) is 16.5 Å². The molecule has 0 saturated heterocycles. The van der Waals surface area contributed by atoms with E-state index < -0.39 is 0 Å². The van der Waals surface area contributed by atoms with E-state index in [0.29, 0.717) is 0 Å². The van der Waals surface area contributed by atoms with E-state index in [-0.39, 0.29) is 16.5 Å². The Labute approximate surface area is 146 Å². The Bertz CT molecular complexity index is 411. The van der Waals surface area contributed by atoms with Gasteiger partial charge in [0.15, 0.2) is 0 Å². The molecule has 0 heterocycles. The van der Waals surface area contributed by atoms with Crippen molar-refractivity contribution in [3.05, 3.63) is 34.9 Å². The first-order valence-electron chi connectivity index (χ1n) is 9.39. The van der Waals surface area contributed by atoms with Gasteiger partial charge in [-0.1, -0.05) is 34.9 Å². The first-order valence-corrected chi connectivity index (χ1v) is 9.39. The minimum atomic E-state index is 0. The first-order chi connectivity index (χ1) is 10.3. The Morgan fingerprint density at radius 2 is 0.864 bits per heavy atom. The predicted molar refractivity (Wildman–Crippen MR) is 90.1 cm³/mol. The first kappa shape index (κ1) is 16.6. The number of hydrogen-bond donors (Lipinski definition) is 0. The summed E-state index contributed by atoms with van der Waals surface area (Å²) in [5, 5.41) is 0. The van der Waals surface area contributed by atoms with E-state index in [1.54, 1.807) is 16.7 Å². The molecule has 3 unspecified atom stereocenters. The third kappa shape index (κ3) is 3.97. The van der Waals surface area contributed by atoms with Crippen LogP contribution < -0.4 is 0 Å². The van der Waals surface area contributed by atoms with Crippen LogP contribution in [0, 0.1) is 17.8 Å². The summed E-state index contributed by atoms with van der Waals surface area (Å²) in [6.07, 6.45) is 24.5. The van der Waals surface area contributed by atoms with Gasteiger partial charge in [0.05, 0.1) is 0 Å². The Morgan fingerprint density at radius 3 is 0.909 bits per heavy atom. The molecule has 6 aliphatic carbocycles. The Morgan fingerprint density at radius 1 is 0.545 bits per heavy atom. The normalized spacial score (nSPS) is 34.9. The van der Waals surface area contributed by atoms with Crippen LogP contribution >= 0.6 is 0 Å². The standard InChI is InChI=1S/3C7H10.Ni/c3*1-2-7-4-3-6(1)5-7;/h3*1,7H,2-5H2;. The molecule has 0 amide bonds. The quantitative estimate of drug-likeness (QED) is 0.356. The minimum absolute atomic E-state index is 0. The summed E-state index contributed by atoms with van der Waals surface area (Å²) in [4.78, 5) is 0. The maximum atomic E-state index is 2.42. The van der Waals surface area contributed by atoms with Crippen molar-refractivity contribution in [1.29, 1.82) is 0 Å². The van der Waals surface area contributed by atoms with Gasteiger partial charge in [0, 0.05) is 16.5 Å². The number of allylic oxidation sites excluding steroid dienone is 6. The van der Waals surface area contributed by atoms with Crippen molar-refractivity contribution in [2.45, 2.75) is 77.0 Å². The van der Waals surface area contributed by atoms with Gasteiger partial charge in [-0.2, -0.15) is 0 Å². The van der Waals surface area contributed by atoms with Crippen LogP contribution in [0.2, 0.25) is 0 Å². The van der Waals surface area contributed by atoms with E-state index >= 15 is 0 Å². The third-order valence-electron chi connectivity index (χ3n) is 6.49. The summed E-state index contributed by atoms with van der Waals surface area (Å²) in [6, 6.07) is 0. The van der Waals surface area contributed by atoms with Crippen molar-refractivity contribution in [2.24, 2.45) is 17.8 Å². The van der Waals surface area contributed by atoms with Crippen LogP contribution in [0.3, 0.4) is 0 Å². The molecule has 6 aliphatic rings. The van der Waals surface area contributed by atoms with E-state index in [2.05, 4.69) is 18.2 Å². The number of rotatable bonds is 0. The summed E-state index contributed by atoms with van der Waals surface area (Å²) in [6.45, 7) is 0. The van der Waals surface area contributed by atoms with Crippen LogP contribution in [-0.4, -0.2) is 0 Å². The third-order valence-corrected chi connectivity index (χ3v) is 6.49. The molecule has 0 aliphatic heterocycles. The Kier molecular flexibility index (Phi) is 5.66. The van der Waals surface area contributed by atoms with Crippen molar-refractivity contribution in [3.63, 3.8) is 0 Å². The van der Waals surface area contributed by atoms with Crippen LogP contribution in [0.15, 0.2) is 34.9 Å². The van der Waals surface area contributed by atoms with Gasteiger partial charge in [0.25, 0.3) is 0 Å². The maximum absolute atomic E-state index is 2.42. The molecular weight excluding hydrogens is 311 g/mol. The molecule has 22 heavy (non-hydrogen) atoms. The van der Waals surface area contributed by atoms with Gasteiger partial charge >= 0.3 is 0 Å². The monoisotopic (exact) mass is 340 g/mol. The van der Waals surface area contributed by atoms with Gasteiger partial charge in [-0.25, -0.2) is 0 Å². The molecule has 0 nitrogen and oxygen atoms in total. The van der Waals surface area contributed by atoms with E-state index in [0.717, 1.165) is 17.8 Å². The Balaban J connectivity index is 0.0000000960. The molecular formula is C21H30Ni. The molecule has 124 valence electrons. The molecule has 1 heteroatoms. The van der Waals surface area contributed by atoms with Gasteiger partial charge in [0.2, 0.25) is 0 Å². The maximum Gasteiger partial charge on any atom is 0 e. The van der Waals surface area contributed by atoms with Crippen molar-refractivity contribution in [2.75, 3.05) is 0 Å². The van der Waals surface area contributed by atoms with Gasteiger partial charge in [0.1, 0.15) is 0 Å². The van der Waals surface area contributed by atoms with Crippen LogP contribution in [0.1, 0.15) is 77.0 Å². The average molecular weight is 341 g/mol. The summed E-state index contributed by atoms with van der Waals surface area (Å²) < 4.78 is 0. The van der Waals surface area contributed by atoms with Crippen LogP contribution in [0.4, 0.5) is 0 Å². The molecule has 6 bridgehead atoms. The SMILES string of the molecule is C1=C2CCC(C1)C2.C1=C2CCC(C1)C2.C1=C2CCC(C1)C2.[Ni]. The molecule has 3 atom stereocenters. The van der Waals surface area contributed by atoms with Crippen LogP contribution in [0.25, 0.3) is 0 Å². The van der Waals surface area contributed by atoms with E-state index in [9.17, 15) is 0 Å². The van der Waals surface area contributed by atoms with Gasteiger partial charge < -0.3 is 0 Å². The second-order valence-electron chi connectivity index (χ2n) is 8.12. The molecule has 0 aromatic carbocycles. The van der Waals surface area contributed by atoms with E-state index in [1.165, 1.54) is 77.0 Å². The summed E-state index contributed by atoms with van der Waals surface area (Å²) in [5.74, 6) is 3.24. The largest absolute Gasteiger partial charge is 0.0850 e. The topological polar surface area (TPSA) is 0 Å². The molecule has 0 aromatic heterocycles. The minimum Gasteiger partial charge on any atom is -0.0850 e. The summed E-state index contributed by atoms with van der Waals surface area (Å²) in [7, 11) is 0. The molecule has 0 aromatic rings. The molecule has 3 fully saturated rings. The van der Waals surface area contributed by atoms with E-state index in [1.807, 2.05) is 0 Å². The second-order valence-corrected chi connectivity index (χ2v) is 8.12. The molecule has 3 saturated carbocycles. The number of fused-ring (bicyclic) bond motifs is 6. The predicted octanol–water partition coefficient (Wildman–Crippen LogP) is 6.35. The van der Waals surface area contributed by atoms with Gasteiger partial charge in [-0.05, 0) is 94.8 Å². The van der Waals surface area contributed by atoms with Crippen molar-refractivity contribution >= 4 is 0 Å². The van der Waals surface area contributed by atoms with E-state index in [4.69, 9.17) is 0 Å². The zero-order valence-corrected chi connectivity index (χ0v) is 14.8. The average Bonchev–Trinajstić information content (AvgIpc) is 3.39. The van der Waals surface area contributed by atoms with Gasteiger partial charge in [-0.15, -0.1) is 0 Å². The fraction of sp³-hybridized carbons (Fsp3) is 0.714.